The number of allylic oxidation sites excluding steroid dienone is 1. The number of hydrogen-bond acceptors (Lipinski definition) is 6. The van der Waals surface area contributed by atoms with Crippen molar-refractivity contribution in [1.29, 1.82) is 0 Å². The summed E-state index contributed by atoms with van der Waals surface area (Å²) in [5, 5.41) is 11.4. The highest BCUT2D eigenvalue weighted by Gasteiger charge is 2.63. The Morgan fingerprint density at radius 2 is 1.76 bits per heavy atom. The molecule has 3 heterocycles. The Morgan fingerprint density at radius 3 is 2.50 bits per heavy atom. The van der Waals surface area contributed by atoms with Crippen LogP contribution in [0.25, 0.3) is 5.57 Å². The molecular weight excluding hydrogens is 428 g/mol. The SMILES string of the molecule is Cc1cc(C)c(C2=C(O)[C@@H]3[C@@H]4O[C@@H](C[C@H]4c4cncc(Oc5ccccc5)n4)[C@@H]3C2=O)c(C)c1. The van der Waals surface area contributed by atoms with Gasteiger partial charge >= 0.3 is 0 Å². The fraction of sp³-hybridized carbons (Fsp3) is 0.321. The van der Waals surface area contributed by atoms with E-state index in [2.05, 4.69) is 17.1 Å². The number of aromatic nitrogens is 2. The average molecular weight is 455 g/mol. The Kier molecular flexibility index (Phi) is 4.81. The minimum atomic E-state index is -0.355. The Bertz CT molecular complexity index is 1310. The molecule has 0 spiro atoms. The van der Waals surface area contributed by atoms with Crippen LogP contribution < -0.4 is 4.74 Å². The van der Waals surface area contributed by atoms with Gasteiger partial charge in [-0.05, 0) is 56.0 Å². The van der Waals surface area contributed by atoms with Gasteiger partial charge in [0.05, 0.1) is 41.5 Å². The normalized spacial score (nSPS) is 27.4. The number of carbonyl (C=O) groups is 1. The lowest BCUT2D eigenvalue weighted by Gasteiger charge is -2.27. The fourth-order valence-corrected chi connectivity index (χ4v) is 6.17. The molecule has 0 radical (unpaired) electrons. The topological polar surface area (TPSA) is 81.5 Å². The summed E-state index contributed by atoms with van der Waals surface area (Å²) in [6.45, 7) is 6.04. The first-order valence-corrected chi connectivity index (χ1v) is 11.7. The van der Waals surface area contributed by atoms with Crippen molar-refractivity contribution in [3.63, 3.8) is 0 Å². The molecule has 6 heteroatoms. The summed E-state index contributed by atoms with van der Waals surface area (Å²) < 4.78 is 12.1. The van der Waals surface area contributed by atoms with Crippen molar-refractivity contribution in [3.05, 3.63) is 88.6 Å². The van der Waals surface area contributed by atoms with Crippen LogP contribution in [0, 0.1) is 32.6 Å². The molecule has 1 aliphatic carbocycles. The quantitative estimate of drug-likeness (QED) is 0.581. The van der Waals surface area contributed by atoms with Gasteiger partial charge in [0.15, 0.2) is 5.78 Å². The van der Waals surface area contributed by atoms with Crippen LogP contribution in [0.3, 0.4) is 0 Å². The Hall–Kier alpha value is -3.51. The fourth-order valence-electron chi connectivity index (χ4n) is 6.17. The third-order valence-electron chi connectivity index (χ3n) is 7.38. The highest BCUT2D eigenvalue weighted by Crippen LogP contribution is 2.58. The average Bonchev–Trinajstić information content (AvgIpc) is 3.47. The van der Waals surface area contributed by atoms with E-state index in [-0.39, 0.29) is 41.5 Å². The zero-order valence-corrected chi connectivity index (χ0v) is 19.4. The molecule has 1 N–H and O–H groups in total. The molecule has 1 aromatic heterocycles. The number of carbonyl (C=O) groups excluding carboxylic acids is 1. The third-order valence-corrected chi connectivity index (χ3v) is 7.38. The molecule has 3 aromatic rings. The molecular formula is C28H26N2O4. The van der Waals surface area contributed by atoms with E-state index in [1.54, 1.807) is 12.4 Å². The maximum Gasteiger partial charge on any atom is 0.238 e. The summed E-state index contributed by atoms with van der Waals surface area (Å²) in [7, 11) is 0. The number of aliphatic hydroxyl groups excluding tert-OH is 1. The van der Waals surface area contributed by atoms with Crippen LogP contribution in [0.4, 0.5) is 0 Å². The molecule has 0 unspecified atom stereocenters. The molecule has 2 bridgehead atoms. The van der Waals surface area contributed by atoms with Crippen LogP contribution in [0.15, 0.2) is 60.6 Å². The number of hydrogen-bond donors (Lipinski definition) is 1. The predicted molar refractivity (Wildman–Crippen MR) is 127 cm³/mol. The number of fused-ring (bicyclic) bond motifs is 5. The van der Waals surface area contributed by atoms with Crippen LogP contribution in [-0.4, -0.2) is 33.1 Å². The molecule has 2 aromatic carbocycles. The minimum absolute atomic E-state index is 0.00394. The van der Waals surface area contributed by atoms with Crippen LogP contribution >= 0.6 is 0 Å². The summed E-state index contributed by atoms with van der Waals surface area (Å²) >= 11 is 0. The van der Waals surface area contributed by atoms with E-state index in [4.69, 9.17) is 14.5 Å². The van der Waals surface area contributed by atoms with Crippen molar-refractivity contribution in [1.82, 2.24) is 9.97 Å². The Morgan fingerprint density at radius 1 is 1.03 bits per heavy atom. The smallest absolute Gasteiger partial charge is 0.238 e. The monoisotopic (exact) mass is 454 g/mol. The second kappa shape index (κ2) is 7.77. The van der Waals surface area contributed by atoms with E-state index in [1.807, 2.05) is 51.1 Å². The molecule has 5 atom stereocenters. The number of Topliss-reactive ketones (excluding diaryl/α,β-unsaturated/α-hetero) is 1. The number of aliphatic hydroxyl groups is 1. The predicted octanol–water partition coefficient (Wildman–Crippen LogP) is 5.23. The van der Waals surface area contributed by atoms with Gasteiger partial charge in [-0.25, -0.2) is 4.98 Å². The standard InChI is InChI=1S/C28H26N2O4/c1-14-9-15(2)22(16(3)10-14)24-26(31)23-20-11-18(28(34-20)25(23)27(24)32)19-12-29-13-21(30-19)33-17-7-5-4-6-8-17/h4-10,12-13,18,20,23,25,28,32H,11H2,1-3H3/t18-,20-,23-,25+,28+/m0/s1. The van der Waals surface area contributed by atoms with Gasteiger partial charge in [-0.1, -0.05) is 35.9 Å². The molecule has 34 heavy (non-hydrogen) atoms. The van der Waals surface area contributed by atoms with E-state index in [1.165, 1.54) is 0 Å². The second-order valence-corrected chi connectivity index (χ2v) is 9.63. The van der Waals surface area contributed by atoms with Crippen molar-refractivity contribution in [2.45, 2.75) is 45.3 Å². The summed E-state index contributed by atoms with van der Waals surface area (Å²) in [5.41, 5.74) is 5.25. The molecule has 6 rings (SSSR count). The van der Waals surface area contributed by atoms with Crippen molar-refractivity contribution >= 4 is 11.4 Å². The minimum Gasteiger partial charge on any atom is -0.511 e. The highest BCUT2D eigenvalue weighted by molar-refractivity contribution is 6.26. The van der Waals surface area contributed by atoms with Crippen molar-refractivity contribution in [2.24, 2.45) is 11.8 Å². The summed E-state index contributed by atoms with van der Waals surface area (Å²) in [5.74, 6) is 0.501. The number of ketones is 1. The number of benzene rings is 2. The second-order valence-electron chi connectivity index (χ2n) is 9.63. The number of ether oxygens (including phenoxy) is 2. The lowest BCUT2D eigenvalue weighted by molar-refractivity contribution is -0.118. The van der Waals surface area contributed by atoms with Gasteiger partial charge in [-0.15, -0.1) is 0 Å². The van der Waals surface area contributed by atoms with Crippen molar-refractivity contribution < 1.29 is 19.4 Å². The molecule has 172 valence electrons. The van der Waals surface area contributed by atoms with E-state index < -0.39 is 0 Å². The summed E-state index contributed by atoms with van der Waals surface area (Å²) in [6, 6.07) is 13.6. The molecule has 2 fully saturated rings. The van der Waals surface area contributed by atoms with Gasteiger partial charge in [0.1, 0.15) is 11.5 Å². The third kappa shape index (κ3) is 3.16. The Balaban J connectivity index is 1.33. The molecule has 2 saturated heterocycles. The lowest BCUT2D eigenvalue weighted by Crippen LogP contribution is -2.33. The first-order valence-electron chi connectivity index (χ1n) is 11.7. The molecule has 0 saturated carbocycles. The Labute approximate surface area is 198 Å². The first kappa shape index (κ1) is 21.1. The van der Waals surface area contributed by atoms with Gasteiger partial charge in [-0.3, -0.25) is 9.78 Å². The summed E-state index contributed by atoms with van der Waals surface area (Å²) in [6.07, 6.45) is 3.44. The van der Waals surface area contributed by atoms with Gasteiger partial charge in [0, 0.05) is 12.1 Å². The van der Waals surface area contributed by atoms with Gasteiger partial charge in [-0.2, -0.15) is 0 Å². The number of para-hydroxylation sites is 1. The van der Waals surface area contributed by atoms with Crippen LogP contribution in [-0.2, 0) is 9.53 Å². The molecule has 2 aliphatic heterocycles. The van der Waals surface area contributed by atoms with Crippen LogP contribution in [0.5, 0.6) is 11.6 Å². The number of aryl methyl sites for hydroxylation is 3. The first-order chi connectivity index (χ1) is 16.4. The van der Waals surface area contributed by atoms with E-state index in [0.717, 1.165) is 27.9 Å². The van der Waals surface area contributed by atoms with Crippen LogP contribution in [0.1, 0.15) is 40.3 Å². The van der Waals surface area contributed by atoms with Gasteiger partial charge in [0.25, 0.3) is 0 Å². The van der Waals surface area contributed by atoms with E-state index in [9.17, 15) is 9.90 Å². The largest absolute Gasteiger partial charge is 0.511 e. The van der Waals surface area contributed by atoms with Crippen molar-refractivity contribution in [2.75, 3.05) is 0 Å². The molecule has 0 amide bonds. The van der Waals surface area contributed by atoms with E-state index >= 15 is 0 Å². The van der Waals surface area contributed by atoms with Crippen LogP contribution in [0.2, 0.25) is 0 Å². The van der Waals surface area contributed by atoms with E-state index in [0.29, 0.717) is 23.6 Å². The van der Waals surface area contributed by atoms with Crippen molar-refractivity contribution in [3.8, 4) is 11.6 Å². The zero-order chi connectivity index (χ0) is 23.6. The highest BCUT2D eigenvalue weighted by atomic mass is 16.5. The maximum absolute atomic E-state index is 13.5. The lowest BCUT2D eigenvalue weighted by atomic mass is 9.73. The molecule has 6 nitrogen and oxygen atoms in total. The van der Waals surface area contributed by atoms with Gasteiger partial charge < -0.3 is 14.6 Å². The maximum atomic E-state index is 13.5. The zero-order valence-electron chi connectivity index (χ0n) is 19.4. The summed E-state index contributed by atoms with van der Waals surface area (Å²) in [4.78, 5) is 22.6. The van der Waals surface area contributed by atoms with Gasteiger partial charge in [0.2, 0.25) is 5.88 Å². The molecule has 3 aliphatic rings. The number of rotatable bonds is 4. The number of nitrogens with zero attached hydrogens (tertiary/aromatic N) is 2.